The minimum Gasteiger partial charge on any atom is -0.384 e. The van der Waals surface area contributed by atoms with Crippen LogP contribution < -0.4 is 11.5 Å². The van der Waals surface area contributed by atoms with Crippen molar-refractivity contribution in [1.82, 2.24) is 4.98 Å². The minimum atomic E-state index is -0.311. The Bertz CT molecular complexity index is 437. The zero-order chi connectivity index (χ0) is 13.7. The van der Waals surface area contributed by atoms with E-state index < -0.39 is 0 Å². The van der Waals surface area contributed by atoms with E-state index in [0.29, 0.717) is 18.8 Å². The van der Waals surface area contributed by atoms with E-state index in [1.165, 1.54) is 12.8 Å². The van der Waals surface area contributed by atoms with Gasteiger partial charge in [0.05, 0.1) is 0 Å². The highest BCUT2D eigenvalue weighted by atomic mass is 16.1. The number of nitrogens with zero attached hydrogens (tertiary/aromatic N) is 1. The molecular formula is C15H23N3O. The monoisotopic (exact) mass is 261 g/mol. The first kappa shape index (κ1) is 14.0. The second kappa shape index (κ2) is 6.15. The molecule has 0 amide bonds. The Morgan fingerprint density at radius 1 is 1.26 bits per heavy atom. The molecule has 0 spiro atoms. The van der Waals surface area contributed by atoms with Crippen LogP contribution in [-0.4, -0.2) is 17.3 Å². The van der Waals surface area contributed by atoms with Gasteiger partial charge in [-0.1, -0.05) is 25.7 Å². The van der Waals surface area contributed by atoms with Crippen LogP contribution in [0.15, 0.2) is 18.3 Å². The molecule has 0 saturated heterocycles. The highest BCUT2D eigenvalue weighted by Crippen LogP contribution is 2.36. The van der Waals surface area contributed by atoms with Crippen molar-refractivity contribution in [1.29, 1.82) is 0 Å². The smallest absolute Gasteiger partial charge is 0.144 e. The summed E-state index contributed by atoms with van der Waals surface area (Å²) in [6, 6.07) is 3.63. The standard InChI is InChI=1S/C15H23N3O/c16-11-15(6-3-1-2-4-7-15)13(19)9-12-5-8-18-14(17)10-12/h5,8,10H,1-4,6-7,9,11,16H2,(H2,17,18). The molecule has 1 fully saturated rings. The van der Waals surface area contributed by atoms with Gasteiger partial charge in [0, 0.05) is 24.6 Å². The van der Waals surface area contributed by atoms with Crippen molar-refractivity contribution in [3.63, 3.8) is 0 Å². The quantitative estimate of drug-likeness (QED) is 0.813. The Labute approximate surface area is 114 Å². The molecule has 0 radical (unpaired) electrons. The SMILES string of the molecule is NCC1(C(=O)Cc2ccnc(N)c2)CCCCCC1. The number of hydrogen-bond donors (Lipinski definition) is 2. The molecule has 4 heteroatoms. The van der Waals surface area contributed by atoms with Crippen LogP contribution in [0.5, 0.6) is 0 Å². The molecular weight excluding hydrogens is 238 g/mol. The fourth-order valence-electron chi connectivity index (χ4n) is 2.98. The van der Waals surface area contributed by atoms with Crippen LogP contribution in [0.4, 0.5) is 5.82 Å². The molecule has 1 heterocycles. The summed E-state index contributed by atoms with van der Waals surface area (Å²) in [5.74, 6) is 0.732. The molecule has 2 rings (SSSR count). The summed E-state index contributed by atoms with van der Waals surface area (Å²) in [5, 5.41) is 0. The molecule has 0 bridgehead atoms. The Morgan fingerprint density at radius 2 is 1.95 bits per heavy atom. The molecule has 0 aliphatic heterocycles. The number of carbonyl (C=O) groups is 1. The number of ketones is 1. The summed E-state index contributed by atoms with van der Waals surface area (Å²) in [7, 11) is 0. The van der Waals surface area contributed by atoms with Crippen LogP contribution in [0, 0.1) is 5.41 Å². The Kier molecular flexibility index (Phi) is 4.53. The number of Topliss-reactive ketones (excluding diaryl/α,β-unsaturated/α-hetero) is 1. The molecule has 4 nitrogen and oxygen atoms in total. The van der Waals surface area contributed by atoms with Gasteiger partial charge in [-0.25, -0.2) is 4.98 Å². The highest BCUT2D eigenvalue weighted by molar-refractivity contribution is 5.87. The topological polar surface area (TPSA) is 82.0 Å². The number of nitrogen functional groups attached to an aromatic ring is 1. The number of rotatable bonds is 4. The van der Waals surface area contributed by atoms with Gasteiger partial charge in [-0.05, 0) is 30.5 Å². The van der Waals surface area contributed by atoms with Crippen LogP contribution in [-0.2, 0) is 11.2 Å². The molecule has 4 N–H and O–H groups in total. The second-order valence-corrected chi connectivity index (χ2v) is 5.59. The fraction of sp³-hybridized carbons (Fsp3) is 0.600. The van der Waals surface area contributed by atoms with E-state index >= 15 is 0 Å². The highest BCUT2D eigenvalue weighted by Gasteiger charge is 2.36. The van der Waals surface area contributed by atoms with E-state index in [1.807, 2.05) is 6.07 Å². The lowest BCUT2D eigenvalue weighted by Gasteiger charge is -2.29. The van der Waals surface area contributed by atoms with Crippen molar-refractivity contribution in [3.05, 3.63) is 23.9 Å². The summed E-state index contributed by atoms with van der Waals surface area (Å²) in [6.45, 7) is 0.465. The minimum absolute atomic E-state index is 0.266. The van der Waals surface area contributed by atoms with E-state index in [4.69, 9.17) is 11.5 Å². The summed E-state index contributed by atoms with van der Waals surface area (Å²) in [6.07, 6.45) is 8.60. The third-order valence-corrected chi connectivity index (χ3v) is 4.25. The fourth-order valence-corrected chi connectivity index (χ4v) is 2.98. The summed E-state index contributed by atoms with van der Waals surface area (Å²) >= 11 is 0. The molecule has 1 saturated carbocycles. The van der Waals surface area contributed by atoms with Crippen molar-refractivity contribution in [2.75, 3.05) is 12.3 Å². The third kappa shape index (κ3) is 3.32. The second-order valence-electron chi connectivity index (χ2n) is 5.59. The van der Waals surface area contributed by atoms with E-state index in [-0.39, 0.29) is 11.2 Å². The normalized spacial score (nSPS) is 18.8. The number of carbonyl (C=O) groups excluding carboxylic acids is 1. The molecule has 19 heavy (non-hydrogen) atoms. The van der Waals surface area contributed by atoms with E-state index in [2.05, 4.69) is 4.98 Å². The Morgan fingerprint density at radius 3 is 2.53 bits per heavy atom. The van der Waals surface area contributed by atoms with Gasteiger partial charge in [-0.15, -0.1) is 0 Å². The lowest BCUT2D eigenvalue weighted by atomic mass is 9.75. The number of pyridine rings is 1. The Hall–Kier alpha value is -1.42. The van der Waals surface area contributed by atoms with Gasteiger partial charge in [0.2, 0.25) is 0 Å². The maximum absolute atomic E-state index is 12.6. The first-order chi connectivity index (χ1) is 9.16. The van der Waals surface area contributed by atoms with Gasteiger partial charge < -0.3 is 11.5 Å². The first-order valence-electron chi connectivity index (χ1n) is 7.10. The van der Waals surface area contributed by atoms with E-state index in [0.717, 1.165) is 31.2 Å². The van der Waals surface area contributed by atoms with Gasteiger partial charge >= 0.3 is 0 Å². The lowest BCUT2D eigenvalue weighted by Crippen LogP contribution is -2.39. The third-order valence-electron chi connectivity index (χ3n) is 4.25. The van der Waals surface area contributed by atoms with Crippen LogP contribution in [0.2, 0.25) is 0 Å². The Balaban J connectivity index is 2.12. The van der Waals surface area contributed by atoms with Gasteiger partial charge in [-0.2, -0.15) is 0 Å². The first-order valence-corrected chi connectivity index (χ1v) is 7.10. The zero-order valence-corrected chi connectivity index (χ0v) is 11.4. The summed E-state index contributed by atoms with van der Waals surface area (Å²) in [4.78, 5) is 16.6. The van der Waals surface area contributed by atoms with Crippen molar-refractivity contribution < 1.29 is 4.79 Å². The zero-order valence-electron chi connectivity index (χ0n) is 11.4. The number of anilines is 1. The maximum atomic E-state index is 12.6. The van der Waals surface area contributed by atoms with Gasteiger partial charge in [-0.3, -0.25) is 4.79 Å². The molecule has 0 atom stereocenters. The number of hydrogen-bond acceptors (Lipinski definition) is 4. The van der Waals surface area contributed by atoms with Crippen LogP contribution in [0.25, 0.3) is 0 Å². The molecule has 0 aromatic carbocycles. The van der Waals surface area contributed by atoms with E-state index in [9.17, 15) is 4.79 Å². The molecule has 0 unspecified atom stereocenters. The summed E-state index contributed by atoms with van der Waals surface area (Å²) < 4.78 is 0. The van der Waals surface area contributed by atoms with Gasteiger partial charge in [0.25, 0.3) is 0 Å². The molecule has 1 aliphatic rings. The lowest BCUT2D eigenvalue weighted by molar-refractivity contribution is -0.128. The number of nitrogens with two attached hydrogens (primary N) is 2. The van der Waals surface area contributed by atoms with Gasteiger partial charge in [0.1, 0.15) is 11.6 Å². The predicted octanol–water partition coefficient (Wildman–Crippen LogP) is 2.07. The van der Waals surface area contributed by atoms with Crippen LogP contribution >= 0.6 is 0 Å². The summed E-state index contributed by atoms with van der Waals surface area (Å²) in [5.41, 5.74) is 12.2. The van der Waals surface area contributed by atoms with Crippen LogP contribution in [0.3, 0.4) is 0 Å². The average molecular weight is 261 g/mol. The average Bonchev–Trinajstić information content (AvgIpc) is 2.65. The molecule has 1 aromatic heterocycles. The molecule has 104 valence electrons. The predicted molar refractivity (Wildman–Crippen MR) is 76.5 cm³/mol. The maximum Gasteiger partial charge on any atom is 0.144 e. The van der Waals surface area contributed by atoms with Crippen molar-refractivity contribution in [3.8, 4) is 0 Å². The van der Waals surface area contributed by atoms with Crippen molar-refractivity contribution >= 4 is 11.6 Å². The largest absolute Gasteiger partial charge is 0.384 e. The van der Waals surface area contributed by atoms with Crippen molar-refractivity contribution in [2.24, 2.45) is 11.1 Å². The number of aromatic nitrogens is 1. The molecule has 1 aromatic rings. The van der Waals surface area contributed by atoms with Gasteiger partial charge in [0.15, 0.2) is 0 Å². The van der Waals surface area contributed by atoms with Crippen molar-refractivity contribution in [2.45, 2.75) is 44.9 Å². The van der Waals surface area contributed by atoms with Crippen LogP contribution in [0.1, 0.15) is 44.1 Å². The molecule has 1 aliphatic carbocycles. The van der Waals surface area contributed by atoms with E-state index in [1.54, 1.807) is 12.3 Å².